The zero-order valence-corrected chi connectivity index (χ0v) is 20.4. The Bertz CT molecular complexity index is 1410. The van der Waals surface area contributed by atoms with Crippen LogP contribution in [0.3, 0.4) is 0 Å². The summed E-state index contributed by atoms with van der Waals surface area (Å²) in [6.45, 7) is 0.369. The first kappa shape index (κ1) is 23.6. The number of rotatable bonds is 6. The molecule has 0 bridgehead atoms. The number of pyridine rings is 1. The van der Waals surface area contributed by atoms with Gasteiger partial charge in [0.1, 0.15) is 12.4 Å². The third-order valence-electron chi connectivity index (χ3n) is 6.86. The van der Waals surface area contributed by atoms with Crippen molar-refractivity contribution in [3.05, 3.63) is 107 Å². The van der Waals surface area contributed by atoms with E-state index in [0.717, 1.165) is 51.9 Å². The molecule has 3 aromatic carbocycles. The molecule has 0 saturated heterocycles. The van der Waals surface area contributed by atoms with Gasteiger partial charge in [-0.3, -0.25) is 4.79 Å². The number of hydrogen-bond acceptors (Lipinski definition) is 4. The third-order valence-corrected chi connectivity index (χ3v) is 6.86. The molecule has 0 spiro atoms. The van der Waals surface area contributed by atoms with Crippen LogP contribution in [-0.4, -0.2) is 18.1 Å². The van der Waals surface area contributed by atoms with E-state index in [-0.39, 0.29) is 11.9 Å². The van der Waals surface area contributed by atoms with Crippen LogP contribution in [0.2, 0.25) is 0 Å². The number of ether oxygens (including phenoxy) is 2. The van der Waals surface area contributed by atoms with E-state index >= 15 is 0 Å². The Kier molecular flexibility index (Phi) is 7.28. The van der Waals surface area contributed by atoms with Gasteiger partial charge in [0.15, 0.2) is 0 Å². The molecule has 36 heavy (non-hydrogen) atoms. The van der Waals surface area contributed by atoms with Crippen molar-refractivity contribution >= 4 is 16.9 Å². The van der Waals surface area contributed by atoms with Gasteiger partial charge >= 0.3 is 5.97 Å². The summed E-state index contributed by atoms with van der Waals surface area (Å²) in [5.41, 5.74) is 4.54. The van der Waals surface area contributed by atoms with Crippen LogP contribution in [0, 0.1) is 17.8 Å². The minimum absolute atomic E-state index is 0.146. The SMILES string of the molecule is COC(=O)C(c1ccc(C#Cc2ccccc2OCc2ccc3ccccc3n2)cc1)C1CCCC1. The second kappa shape index (κ2) is 11.1. The average Bonchev–Trinajstić information content (AvgIpc) is 3.46. The molecule has 5 rings (SSSR count). The Morgan fingerprint density at radius 1 is 0.917 bits per heavy atom. The maximum Gasteiger partial charge on any atom is 0.313 e. The van der Waals surface area contributed by atoms with Gasteiger partial charge in [0.25, 0.3) is 0 Å². The molecular weight excluding hydrogens is 446 g/mol. The van der Waals surface area contributed by atoms with Gasteiger partial charge < -0.3 is 9.47 Å². The van der Waals surface area contributed by atoms with Gasteiger partial charge in [-0.05, 0) is 60.7 Å². The van der Waals surface area contributed by atoms with Crippen LogP contribution in [0.4, 0.5) is 0 Å². The molecule has 1 fully saturated rings. The standard InChI is InChI=1S/C32H29NO3/c1-35-32(34)31(26-10-2-3-11-26)27-18-15-23(16-19-27)14-17-25-9-5-7-13-30(25)36-22-28-21-20-24-8-4-6-12-29(24)33-28/h4-9,12-13,15-16,18-21,26,31H,2-3,10-11,22H2,1H3. The molecule has 1 aliphatic carbocycles. The molecule has 4 aromatic rings. The van der Waals surface area contributed by atoms with E-state index in [1.54, 1.807) is 0 Å². The highest BCUT2D eigenvalue weighted by Crippen LogP contribution is 2.38. The lowest BCUT2D eigenvalue weighted by Gasteiger charge is -2.21. The van der Waals surface area contributed by atoms with Crippen molar-refractivity contribution in [1.82, 2.24) is 4.98 Å². The van der Waals surface area contributed by atoms with Gasteiger partial charge in [-0.25, -0.2) is 4.98 Å². The van der Waals surface area contributed by atoms with Crippen molar-refractivity contribution in [2.45, 2.75) is 38.2 Å². The highest BCUT2D eigenvalue weighted by Gasteiger charge is 2.32. The first-order chi connectivity index (χ1) is 17.7. The molecule has 0 aliphatic heterocycles. The van der Waals surface area contributed by atoms with Gasteiger partial charge in [0, 0.05) is 10.9 Å². The second-order valence-corrected chi connectivity index (χ2v) is 9.20. The van der Waals surface area contributed by atoms with Crippen molar-refractivity contribution in [3.8, 4) is 17.6 Å². The first-order valence-electron chi connectivity index (χ1n) is 12.5. The van der Waals surface area contributed by atoms with Crippen molar-refractivity contribution in [1.29, 1.82) is 0 Å². The van der Waals surface area contributed by atoms with E-state index < -0.39 is 0 Å². The largest absolute Gasteiger partial charge is 0.486 e. The normalized spacial score (nSPS) is 14.1. The fraction of sp³-hybridized carbons (Fsp3) is 0.250. The third kappa shape index (κ3) is 5.42. The molecule has 1 aromatic heterocycles. The Morgan fingerprint density at radius 3 is 2.47 bits per heavy atom. The quantitative estimate of drug-likeness (QED) is 0.231. The van der Waals surface area contributed by atoms with Crippen LogP contribution in [0.5, 0.6) is 5.75 Å². The first-order valence-corrected chi connectivity index (χ1v) is 12.5. The molecule has 0 amide bonds. The summed E-state index contributed by atoms with van der Waals surface area (Å²) in [5.74, 6) is 7.23. The van der Waals surface area contributed by atoms with Gasteiger partial charge in [0.05, 0.1) is 29.8 Å². The monoisotopic (exact) mass is 475 g/mol. The van der Waals surface area contributed by atoms with E-state index in [0.29, 0.717) is 12.5 Å². The number of carbonyl (C=O) groups is 1. The summed E-state index contributed by atoms with van der Waals surface area (Å²) in [6.07, 6.45) is 4.51. The molecule has 0 radical (unpaired) electrons. The van der Waals surface area contributed by atoms with E-state index in [1.807, 2.05) is 72.8 Å². The summed E-state index contributed by atoms with van der Waals surface area (Å²) in [4.78, 5) is 17.2. The van der Waals surface area contributed by atoms with Crippen molar-refractivity contribution in [2.24, 2.45) is 5.92 Å². The lowest BCUT2D eigenvalue weighted by molar-refractivity contribution is -0.143. The molecular formula is C32H29NO3. The highest BCUT2D eigenvalue weighted by molar-refractivity contribution is 5.79. The summed E-state index contributed by atoms with van der Waals surface area (Å²) < 4.78 is 11.2. The Labute approximate surface area is 212 Å². The van der Waals surface area contributed by atoms with Crippen molar-refractivity contribution < 1.29 is 14.3 Å². The predicted octanol–water partition coefficient (Wildman–Crippen LogP) is 6.66. The van der Waals surface area contributed by atoms with E-state index in [9.17, 15) is 4.79 Å². The van der Waals surface area contributed by atoms with E-state index in [1.165, 1.54) is 20.0 Å². The number of nitrogens with zero attached hydrogens (tertiary/aromatic N) is 1. The van der Waals surface area contributed by atoms with Gasteiger partial charge in [-0.15, -0.1) is 0 Å². The number of aromatic nitrogens is 1. The Morgan fingerprint density at radius 2 is 1.67 bits per heavy atom. The predicted molar refractivity (Wildman–Crippen MR) is 142 cm³/mol. The number of esters is 1. The van der Waals surface area contributed by atoms with Crippen LogP contribution in [0.25, 0.3) is 10.9 Å². The zero-order chi connectivity index (χ0) is 24.7. The molecule has 1 atom stereocenters. The molecule has 180 valence electrons. The second-order valence-electron chi connectivity index (χ2n) is 9.20. The molecule has 1 heterocycles. The topological polar surface area (TPSA) is 48.4 Å². The van der Waals surface area contributed by atoms with E-state index in [4.69, 9.17) is 9.47 Å². The minimum atomic E-state index is -0.197. The molecule has 4 nitrogen and oxygen atoms in total. The maximum atomic E-state index is 12.5. The van der Waals surface area contributed by atoms with Crippen LogP contribution in [-0.2, 0) is 16.1 Å². The molecule has 1 unspecified atom stereocenters. The number of hydrogen-bond donors (Lipinski definition) is 0. The molecule has 4 heteroatoms. The van der Waals surface area contributed by atoms with Crippen LogP contribution >= 0.6 is 0 Å². The number of benzene rings is 3. The summed E-state index contributed by atoms with van der Waals surface area (Å²) in [6, 6.07) is 27.9. The molecule has 1 aliphatic rings. The van der Waals surface area contributed by atoms with Crippen LogP contribution in [0.15, 0.2) is 84.9 Å². The zero-order valence-electron chi connectivity index (χ0n) is 20.4. The Hall–Kier alpha value is -4.10. The number of para-hydroxylation sites is 2. The number of fused-ring (bicyclic) bond motifs is 1. The van der Waals surface area contributed by atoms with Gasteiger partial charge in [-0.1, -0.05) is 73.2 Å². The van der Waals surface area contributed by atoms with E-state index in [2.05, 4.69) is 29.0 Å². The summed E-state index contributed by atoms with van der Waals surface area (Å²) >= 11 is 0. The minimum Gasteiger partial charge on any atom is -0.486 e. The lowest BCUT2D eigenvalue weighted by atomic mass is 9.84. The maximum absolute atomic E-state index is 12.5. The number of methoxy groups -OCH3 is 1. The fourth-order valence-electron chi connectivity index (χ4n) is 4.97. The van der Waals surface area contributed by atoms with Gasteiger partial charge in [-0.2, -0.15) is 0 Å². The summed E-state index contributed by atoms with van der Waals surface area (Å²) in [7, 11) is 1.47. The lowest BCUT2D eigenvalue weighted by Crippen LogP contribution is -2.21. The summed E-state index contributed by atoms with van der Waals surface area (Å²) in [5, 5.41) is 1.11. The average molecular weight is 476 g/mol. The molecule has 1 saturated carbocycles. The smallest absolute Gasteiger partial charge is 0.313 e. The van der Waals surface area contributed by atoms with Crippen molar-refractivity contribution in [2.75, 3.05) is 7.11 Å². The van der Waals surface area contributed by atoms with Crippen LogP contribution in [0.1, 0.15) is 54.0 Å². The highest BCUT2D eigenvalue weighted by atomic mass is 16.5. The molecule has 0 N–H and O–H groups in total. The van der Waals surface area contributed by atoms with Gasteiger partial charge in [0.2, 0.25) is 0 Å². The van der Waals surface area contributed by atoms with Crippen LogP contribution < -0.4 is 4.74 Å². The number of carbonyl (C=O) groups excluding carboxylic acids is 1. The Balaban J connectivity index is 1.30. The van der Waals surface area contributed by atoms with Crippen molar-refractivity contribution in [3.63, 3.8) is 0 Å². The fourth-order valence-corrected chi connectivity index (χ4v) is 4.97.